The third-order valence-corrected chi connectivity index (χ3v) is 5.73. The summed E-state index contributed by atoms with van der Waals surface area (Å²) < 4.78 is 26.0. The molecule has 4 nitrogen and oxygen atoms in total. The van der Waals surface area contributed by atoms with Crippen LogP contribution in [0.25, 0.3) is 0 Å². The van der Waals surface area contributed by atoms with Gasteiger partial charge in [-0.25, -0.2) is 17.7 Å². The Morgan fingerprint density at radius 1 is 1.26 bits per heavy atom. The number of sulfonamides is 1. The molecule has 0 atom stereocenters. The van der Waals surface area contributed by atoms with Crippen LogP contribution in [-0.4, -0.2) is 20.4 Å². The second kappa shape index (κ2) is 5.30. The first kappa shape index (κ1) is 14.0. The second-order valence-corrected chi connectivity index (χ2v) is 7.26. The molecule has 6 heteroatoms. The lowest BCUT2D eigenvalue weighted by molar-refractivity contribution is 0.593. The molecule has 0 bridgehead atoms. The number of aryl methyl sites for hydroxylation is 2. The minimum absolute atomic E-state index is 0.00516. The van der Waals surface area contributed by atoms with Crippen LogP contribution in [0.3, 0.4) is 0 Å². The molecule has 2 rings (SSSR count). The van der Waals surface area contributed by atoms with Gasteiger partial charge in [0.1, 0.15) is 0 Å². The predicted octanol–water partition coefficient (Wildman–Crippen LogP) is 2.73. The Balaban J connectivity index is 2.26. The Labute approximate surface area is 117 Å². The van der Waals surface area contributed by atoms with Crippen molar-refractivity contribution in [2.45, 2.75) is 19.6 Å². The van der Waals surface area contributed by atoms with E-state index in [9.17, 15) is 8.42 Å². The van der Waals surface area contributed by atoms with Crippen molar-refractivity contribution in [3.8, 4) is 0 Å². The van der Waals surface area contributed by atoms with Gasteiger partial charge in [-0.15, -0.1) is 11.3 Å². The summed E-state index contributed by atoms with van der Waals surface area (Å²) in [6, 6.07) is 7.51. The van der Waals surface area contributed by atoms with Crippen molar-refractivity contribution >= 4 is 26.5 Å². The summed E-state index contributed by atoms with van der Waals surface area (Å²) in [5.41, 5.74) is 2.63. The largest absolute Gasteiger partial charge is 0.248 e. The van der Waals surface area contributed by atoms with Gasteiger partial charge in [0.15, 0.2) is 5.13 Å². The monoisotopic (exact) mass is 296 g/mol. The molecule has 0 fully saturated rings. The molecule has 19 heavy (non-hydrogen) atoms. The Bertz CT molecular complexity index is 677. The first-order valence-corrected chi connectivity index (χ1v) is 8.32. The molecule has 0 saturated carbocycles. The van der Waals surface area contributed by atoms with Crippen molar-refractivity contribution < 1.29 is 8.42 Å². The number of thiazole rings is 1. The summed E-state index contributed by atoms with van der Waals surface area (Å²) in [6.45, 7) is 3.76. The van der Waals surface area contributed by atoms with Crippen LogP contribution >= 0.6 is 11.3 Å². The summed E-state index contributed by atoms with van der Waals surface area (Å²) in [5.74, 6) is -0.00516. The minimum atomic E-state index is -3.39. The first-order valence-electron chi connectivity index (χ1n) is 5.83. The molecule has 0 spiro atoms. The maximum Gasteiger partial charge on any atom is 0.240 e. The van der Waals surface area contributed by atoms with Gasteiger partial charge in [-0.05, 0) is 25.0 Å². The van der Waals surface area contributed by atoms with Crippen LogP contribution in [0.15, 0.2) is 29.6 Å². The highest BCUT2D eigenvalue weighted by Gasteiger charge is 2.21. The van der Waals surface area contributed by atoms with Gasteiger partial charge in [-0.3, -0.25) is 0 Å². The third-order valence-electron chi connectivity index (χ3n) is 2.89. The van der Waals surface area contributed by atoms with Gasteiger partial charge in [0.25, 0.3) is 0 Å². The Hall–Kier alpha value is -1.40. The molecule has 0 radical (unpaired) electrons. The van der Waals surface area contributed by atoms with E-state index in [1.807, 2.05) is 43.5 Å². The van der Waals surface area contributed by atoms with Gasteiger partial charge in [0.05, 0.1) is 11.4 Å². The van der Waals surface area contributed by atoms with Crippen LogP contribution in [0.2, 0.25) is 0 Å². The van der Waals surface area contributed by atoms with Crippen molar-refractivity contribution in [1.29, 1.82) is 0 Å². The quantitative estimate of drug-likeness (QED) is 0.871. The van der Waals surface area contributed by atoms with Gasteiger partial charge >= 0.3 is 0 Å². The molecule has 0 saturated heterocycles. The average molecular weight is 296 g/mol. The van der Waals surface area contributed by atoms with Crippen LogP contribution in [0.5, 0.6) is 0 Å². The van der Waals surface area contributed by atoms with Crippen LogP contribution in [-0.2, 0) is 15.8 Å². The third kappa shape index (κ3) is 3.13. The van der Waals surface area contributed by atoms with E-state index < -0.39 is 10.0 Å². The van der Waals surface area contributed by atoms with Crippen LogP contribution in [0, 0.1) is 13.8 Å². The number of aromatic nitrogens is 1. The minimum Gasteiger partial charge on any atom is -0.248 e. The van der Waals surface area contributed by atoms with E-state index in [4.69, 9.17) is 0 Å². The molecule has 0 amide bonds. The zero-order chi connectivity index (χ0) is 14.0. The fraction of sp³-hybridized carbons (Fsp3) is 0.308. The van der Waals surface area contributed by atoms with Gasteiger partial charge < -0.3 is 0 Å². The summed E-state index contributed by atoms with van der Waals surface area (Å²) in [7, 11) is -1.85. The van der Waals surface area contributed by atoms with Crippen LogP contribution in [0.1, 0.15) is 16.8 Å². The van der Waals surface area contributed by atoms with Crippen molar-refractivity contribution in [1.82, 2.24) is 4.98 Å². The number of hydrogen-bond donors (Lipinski definition) is 0. The van der Waals surface area contributed by atoms with Crippen molar-refractivity contribution in [3.63, 3.8) is 0 Å². The van der Waals surface area contributed by atoms with Gasteiger partial charge in [-0.1, -0.05) is 24.3 Å². The molecule has 102 valence electrons. The Morgan fingerprint density at radius 2 is 1.95 bits per heavy atom. The lowest BCUT2D eigenvalue weighted by atomic mass is 10.1. The van der Waals surface area contributed by atoms with Crippen molar-refractivity contribution in [2.75, 3.05) is 11.4 Å². The van der Waals surface area contributed by atoms with E-state index in [0.29, 0.717) is 5.13 Å². The molecular formula is C13H16N2O2S2. The second-order valence-electron chi connectivity index (χ2n) is 4.42. The molecule has 2 aromatic rings. The predicted molar refractivity (Wildman–Crippen MR) is 79.1 cm³/mol. The SMILES string of the molecule is Cc1csc(N(C)S(=O)(=O)Cc2ccccc2C)n1. The normalized spacial score (nSPS) is 11.5. The van der Waals surface area contributed by atoms with Crippen LogP contribution < -0.4 is 4.31 Å². The highest BCUT2D eigenvalue weighted by atomic mass is 32.2. The summed E-state index contributed by atoms with van der Waals surface area (Å²) in [4.78, 5) is 4.21. The molecule has 1 aromatic carbocycles. The first-order chi connectivity index (χ1) is 8.90. The number of anilines is 1. The van der Waals surface area contributed by atoms with E-state index in [-0.39, 0.29) is 5.75 Å². The maximum absolute atomic E-state index is 12.4. The van der Waals surface area contributed by atoms with Crippen molar-refractivity contribution in [2.24, 2.45) is 0 Å². The molecular weight excluding hydrogens is 280 g/mol. The highest BCUT2D eigenvalue weighted by molar-refractivity contribution is 7.92. The fourth-order valence-electron chi connectivity index (χ4n) is 1.67. The molecule has 0 aliphatic heterocycles. The summed E-state index contributed by atoms with van der Waals surface area (Å²) in [5, 5.41) is 2.35. The van der Waals surface area contributed by atoms with E-state index in [1.165, 1.54) is 15.6 Å². The zero-order valence-corrected chi connectivity index (χ0v) is 12.8. The zero-order valence-electron chi connectivity index (χ0n) is 11.1. The van der Waals surface area contributed by atoms with E-state index in [1.54, 1.807) is 7.05 Å². The van der Waals surface area contributed by atoms with E-state index >= 15 is 0 Å². The molecule has 0 aliphatic carbocycles. The average Bonchev–Trinajstić information content (AvgIpc) is 2.77. The number of nitrogens with zero attached hydrogens (tertiary/aromatic N) is 2. The summed E-state index contributed by atoms with van der Waals surface area (Å²) in [6.07, 6.45) is 0. The Morgan fingerprint density at radius 3 is 2.53 bits per heavy atom. The van der Waals surface area contributed by atoms with Crippen molar-refractivity contribution in [3.05, 3.63) is 46.5 Å². The topological polar surface area (TPSA) is 50.3 Å². The standard InChI is InChI=1S/C13H16N2O2S2/c1-10-6-4-5-7-12(10)9-19(16,17)15(3)13-14-11(2)8-18-13/h4-8H,9H2,1-3H3. The van der Waals surface area contributed by atoms with Gasteiger partial charge in [0.2, 0.25) is 10.0 Å². The number of rotatable bonds is 4. The smallest absolute Gasteiger partial charge is 0.240 e. The molecule has 0 N–H and O–H groups in total. The van der Waals surface area contributed by atoms with Gasteiger partial charge in [-0.2, -0.15) is 0 Å². The molecule has 1 heterocycles. The summed E-state index contributed by atoms with van der Waals surface area (Å²) >= 11 is 1.33. The van der Waals surface area contributed by atoms with E-state index in [2.05, 4.69) is 4.98 Å². The van der Waals surface area contributed by atoms with E-state index in [0.717, 1.165) is 16.8 Å². The highest BCUT2D eigenvalue weighted by Crippen LogP contribution is 2.23. The lowest BCUT2D eigenvalue weighted by Gasteiger charge is -2.17. The molecule has 1 aromatic heterocycles. The maximum atomic E-state index is 12.4. The number of hydrogen-bond acceptors (Lipinski definition) is 4. The van der Waals surface area contributed by atoms with Gasteiger partial charge in [0, 0.05) is 12.4 Å². The fourth-order valence-corrected chi connectivity index (χ4v) is 4.00. The molecule has 0 unspecified atom stereocenters. The Kier molecular flexibility index (Phi) is 3.91. The van der Waals surface area contributed by atoms with Crippen LogP contribution in [0.4, 0.5) is 5.13 Å². The number of benzene rings is 1. The lowest BCUT2D eigenvalue weighted by Crippen LogP contribution is -2.28. The molecule has 0 aliphatic rings.